The van der Waals surface area contributed by atoms with Crippen LogP contribution in [-0.4, -0.2) is 21.9 Å². The molecule has 4 nitrogen and oxygen atoms in total. The fraction of sp³-hybridized carbons (Fsp3) is 1.00. The van der Waals surface area contributed by atoms with Crippen LogP contribution < -0.4 is 5.73 Å². The molecule has 0 aromatic carbocycles. The van der Waals surface area contributed by atoms with E-state index in [1.807, 2.05) is 0 Å². The predicted octanol–water partition coefficient (Wildman–Crippen LogP) is -0.902. The fourth-order valence-corrected chi connectivity index (χ4v) is 0.358. The molecule has 0 aliphatic carbocycles. The second-order valence-corrected chi connectivity index (χ2v) is 1.50. The highest BCUT2D eigenvalue weighted by Crippen LogP contribution is 1.73. The van der Waals surface area contributed by atoms with Crippen molar-refractivity contribution in [1.82, 2.24) is 0 Å². The van der Waals surface area contributed by atoms with E-state index in [1.165, 1.54) is 0 Å². The lowest BCUT2D eigenvalue weighted by Gasteiger charge is -1.89. The lowest BCUT2D eigenvalue weighted by Crippen LogP contribution is -2.09. The van der Waals surface area contributed by atoms with E-state index >= 15 is 0 Å². The molecule has 0 heterocycles. The van der Waals surface area contributed by atoms with Crippen LogP contribution in [0.3, 0.4) is 0 Å². The van der Waals surface area contributed by atoms with Crippen molar-refractivity contribution in [3.63, 3.8) is 0 Å². The summed E-state index contributed by atoms with van der Waals surface area (Å²) in [6.07, 6.45) is 0. The zero-order chi connectivity index (χ0) is 5.70. The maximum atomic E-state index is 9.59. The van der Waals surface area contributed by atoms with Gasteiger partial charge in [0.05, 0.1) is 6.61 Å². The molecule has 0 aliphatic heterocycles. The summed E-state index contributed by atoms with van der Waals surface area (Å²) in [5.41, 5.74) is 4.91. The van der Waals surface area contributed by atoms with Crippen molar-refractivity contribution in [3.8, 4) is 0 Å². The summed E-state index contributed by atoms with van der Waals surface area (Å²) < 4.78 is 21.6. The number of hydrogen-bond acceptors (Lipinski definition) is 3. The minimum absolute atomic E-state index is 0.128. The van der Waals surface area contributed by atoms with Gasteiger partial charge in [0, 0.05) is 6.54 Å². The molecule has 44 valence electrons. The smallest absolute Gasteiger partial charge is 0.301 e. The first-order valence-corrected chi connectivity index (χ1v) is 2.74. The molecule has 1 atom stereocenters. The average Bonchev–Trinajstić information content (AvgIpc) is 1.61. The highest BCUT2D eigenvalue weighted by atomic mass is 32.2. The molecule has 0 amide bonds. The topological polar surface area (TPSA) is 72.5 Å². The van der Waals surface area contributed by atoms with Crippen LogP contribution in [0.25, 0.3) is 0 Å². The van der Waals surface area contributed by atoms with E-state index in [9.17, 15) is 4.21 Å². The summed E-state index contributed by atoms with van der Waals surface area (Å²) >= 11 is -2.15. The van der Waals surface area contributed by atoms with Crippen LogP contribution >= 0.6 is 0 Å². The highest BCUT2D eigenvalue weighted by molar-refractivity contribution is 7.74. The van der Waals surface area contributed by atoms with E-state index < -0.39 is 11.4 Å². The second-order valence-electron chi connectivity index (χ2n) is 0.828. The molecule has 0 saturated carbocycles. The molecular weight excluding hydrogens is 118 g/mol. The lowest BCUT2D eigenvalue weighted by atomic mass is 10.8. The quantitative estimate of drug-likeness (QED) is 0.479. The van der Waals surface area contributed by atoms with Gasteiger partial charge in [-0.2, -0.15) is 4.21 Å². The third-order valence-electron chi connectivity index (χ3n) is 0.302. The molecule has 7 heavy (non-hydrogen) atoms. The van der Waals surface area contributed by atoms with Crippen molar-refractivity contribution in [3.05, 3.63) is 0 Å². The van der Waals surface area contributed by atoms with Gasteiger partial charge in [-0.15, -0.1) is 0 Å². The van der Waals surface area contributed by atoms with Crippen LogP contribution in [0.2, 0.25) is 0 Å². The van der Waals surface area contributed by atoms with E-state index in [0.29, 0.717) is 0 Å². The first-order valence-electron chi connectivity index (χ1n) is 1.71. The standard InChI is InChI=1S/C2H7NO3S/c3-1-2-6-7(4)5/h1-3H2,(H,4,5). The molecule has 0 aromatic heterocycles. The summed E-state index contributed by atoms with van der Waals surface area (Å²) in [7, 11) is 0. The monoisotopic (exact) mass is 125 g/mol. The van der Waals surface area contributed by atoms with Gasteiger partial charge in [-0.05, 0) is 0 Å². The Morgan fingerprint density at radius 3 is 2.57 bits per heavy atom. The van der Waals surface area contributed by atoms with Crippen LogP contribution in [0.4, 0.5) is 0 Å². The first kappa shape index (κ1) is 7.03. The van der Waals surface area contributed by atoms with Gasteiger partial charge in [0.25, 0.3) is 0 Å². The molecule has 3 N–H and O–H groups in total. The van der Waals surface area contributed by atoms with Crippen LogP contribution in [0, 0.1) is 0 Å². The van der Waals surface area contributed by atoms with Gasteiger partial charge in [0.15, 0.2) is 0 Å². The summed E-state index contributed by atoms with van der Waals surface area (Å²) in [5.74, 6) is 0. The molecule has 1 unspecified atom stereocenters. The molecule has 0 radical (unpaired) electrons. The molecule has 0 saturated heterocycles. The molecule has 0 aliphatic rings. The van der Waals surface area contributed by atoms with Crippen LogP contribution in [-0.2, 0) is 15.5 Å². The van der Waals surface area contributed by atoms with Crippen LogP contribution in [0.5, 0.6) is 0 Å². The summed E-state index contributed by atoms with van der Waals surface area (Å²) in [4.78, 5) is 0. The molecule has 0 bridgehead atoms. The minimum atomic E-state index is -2.15. The molecule has 0 fully saturated rings. The van der Waals surface area contributed by atoms with Crippen molar-refractivity contribution in [2.75, 3.05) is 13.2 Å². The number of nitrogens with two attached hydrogens (primary N) is 1. The number of hydrogen-bond donors (Lipinski definition) is 2. The highest BCUT2D eigenvalue weighted by Gasteiger charge is 1.86. The molecule has 0 rings (SSSR count). The molecule has 0 spiro atoms. The Bertz CT molecular complexity index is 66.0. The van der Waals surface area contributed by atoms with Gasteiger partial charge >= 0.3 is 11.4 Å². The second kappa shape index (κ2) is 4.20. The Morgan fingerprint density at radius 1 is 1.86 bits per heavy atom. The maximum absolute atomic E-state index is 9.59. The Hall–Kier alpha value is 0.0300. The minimum Gasteiger partial charge on any atom is -0.328 e. The third-order valence-corrected chi connectivity index (χ3v) is 0.670. The van der Waals surface area contributed by atoms with Gasteiger partial charge in [-0.3, -0.25) is 8.74 Å². The van der Waals surface area contributed by atoms with Gasteiger partial charge in [0.1, 0.15) is 0 Å². The van der Waals surface area contributed by atoms with Crippen molar-refractivity contribution in [1.29, 1.82) is 0 Å². The summed E-state index contributed by atoms with van der Waals surface area (Å²) in [6, 6.07) is 0. The Labute approximate surface area is 44.1 Å². The van der Waals surface area contributed by atoms with E-state index in [-0.39, 0.29) is 13.2 Å². The van der Waals surface area contributed by atoms with Crippen LogP contribution in [0.15, 0.2) is 0 Å². The predicted molar refractivity (Wildman–Crippen MR) is 25.8 cm³/mol. The number of rotatable bonds is 3. The molecular formula is C2H7NO3S. The zero-order valence-corrected chi connectivity index (χ0v) is 4.48. The zero-order valence-electron chi connectivity index (χ0n) is 3.66. The van der Waals surface area contributed by atoms with E-state index in [4.69, 9.17) is 10.3 Å². The van der Waals surface area contributed by atoms with Crippen LogP contribution in [0.1, 0.15) is 0 Å². The van der Waals surface area contributed by atoms with Gasteiger partial charge in [-0.25, -0.2) is 0 Å². The van der Waals surface area contributed by atoms with Crippen molar-refractivity contribution >= 4 is 11.4 Å². The Balaban J connectivity index is 2.82. The fourth-order valence-electron chi connectivity index (χ4n) is 0.119. The molecule has 0 aromatic rings. The third kappa shape index (κ3) is 6.03. The van der Waals surface area contributed by atoms with Gasteiger partial charge in [-0.1, -0.05) is 0 Å². The van der Waals surface area contributed by atoms with E-state index in [2.05, 4.69) is 4.18 Å². The Kier molecular flexibility index (Phi) is 4.21. The summed E-state index contributed by atoms with van der Waals surface area (Å²) in [5, 5.41) is 0. The maximum Gasteiger partial charge on any atom is 0.301 e. The van der Waals surface area contributed by atoms with Crippen molar-refractivity contribution < 1.29 is 12.9 Å². The van der Waals surface area contributed by atoms with Gasteiger partial charge in [0.2, 0.25) is 0 Å². The SMILES string of the molecule is NCCOS(=O)O. The first-order chi connectivity index (χ1) is 3.27. The van der Waals surface area contributed by atoms with Gasteiger partial charge < -0.3 is 5.73 Å². The lowest BCUT2D eigenvalue weighted by molar-refractivity contribution is 0.316. The molecule has 5 heteroatoms. The normalized spacial score (nSPS) is 14.0. The largest absolute Gasteiger partial charge is 0.328 e. The van der Waals surface area contributed by atoms with Crippen molar-refractivity contribution in [2.45, 2.75) is 0 Å². The van der Waals surface area contributed by atoms with Crippen molar-refractivity contribution in [2.24, 2.45) is 5.73 Å². The summed E-state index contributed by atoms with van der Waals surface area (Å²) in [6.45, 7) is 0.398. The van der Waals surface area contributed by atoms with E-state index in [1.54, 1.807) is 0 Å². The average molecular weight is 125 g/mol. The Morgan fingerprint density at radius 2 is 2.43 bits per heavy atom. The van der Waals surface area contributed by atoms with E-state index in [0.717, 1.165) is 0 Å².